The van der Waals surface area contributed by atoms with Gasteiger partial charge in [0.2, 0.25) is 0 Å². The van der Waals surface area contributed by atoms with Crippen molar-refractivity contribution in [1.29, 1.82) is 0 Å². The summed E-state index contributed by atoms with van der Waals surface area (Å²) in [6.07, 6.45) is 1.46. The average Bonchev–Trinajstić information content (AvgIpc) is 2.65. The van der Waals surface area contributed by atoms with Crippen molar-refractivity contribution in [3.63, 3.8) is 0 Å². The van der Waals surface area contributed by atoms with Crippen LogP contribution in [0, 0.1) is 17.3 Å². The summed E-state index contributed by atoms with van der Waals surface area (Å²) in [6.45, 7) is 6.66. The molecule has 0 fully saturated rings. The molecule has 0 amide bonds. The third-order valence-corrected chi connectivity index (χ3v) is 2.93. The number of aryl methyl sites for hydroxylation is 1. The van der Waals surface area contributed by atoms with Gasteiger partial charge in [-0.2, -0.15) is 0 Å². The van der Waals surface area contributed by atoms with Crippen molar-refractivity contribution in [3.8, 4) is 17.6 Å². The maximum Gasteiger partial charge on any atom is 0.149 e. The number of aliphatic hydroxyl groups excluding tert-OH is 1. The molecule has 0 radical (unpaired) electrons. The SMILES string of the molecule is CC(C)(C)C#CCOc1ccc2c(c1)CCC2O. The summed E-state index contributed by atoms with van der Waals surface area (Å²) in [4.78, 5) is 0. The molecule has 2 nitrogen and oxygen atoms in total. The van der Waals surface area contributed by atoms with Gasteiger partial charge in [-0.25, -0.2) is 0 Å². The summed E-state index contributed by atoms with van der Waals surface area (Å²) in [7, 11) is 0. The van der Waals surface area contributed by atoms with E-state index in [1.807, 2.05) is 18.2 Å². The van der Waals surface area contributed by atoms with Gasteiger partial charge in [-0.05, 0) is 56.9 Å². The molecule has 0 aromatic heterocycles. The second-order valence-electron chi connectivity index (χ2n) is 5.76. The molecule has 0 spiro atoms. The molecular weight excluding hydrogens is 224 g/mol. The van der Waals surface area contributed by atoms with E-state index in [4.69, 9.17) is 4.74 Å². The van der Waals surface area contributed by atoms with E-state index in [1.165, 1.54) is 5.56 Å². The average molecular weight is 244 g/mol. The fourth-order valence-electron chi connectivity index (χ4n) is 2.08. The fourth-order valence-corrected chi connectivity index (χ4v) is 2.08. The lowest BCUT2D eigenvalue weighted by atomic mass is 9.98. The van der Waals surface area contributed by atoms with Crippen LogP contribution in [0.4, 0.5) is 0 Å². The van der Waals surface area contributed by atoms with E-state index in [0.717, 1.165) is 24.2 Å². The number of benzene rings is 1. The van der Waals surface area contributed by atoms with E-state index in [2.05, 4.69) is 32.6 Å². The van der Waals surface area contributed by atoms with Gasteiger partial charge in [-0.1, -0.05) is 17.9 Å². The molecular formula is C16H20O2. The topological polar surface area (TPSA) is 29.5 Å². The molecule has 18 heavy (non-hydrogen) atoms. The Morgan fingerprint density at radius 1 is 1.39 bits per heavy atom. The van der Waals surface area contributed by atoms with Crippen LogP contribution in [0.1, 0.15) is 44.4 Å². The van der Waals surface area contributed by atoms with Crippen LogP contribution in [-0.4, -0.2) is 11.7 Å². The molecule has 0 heterocycles. The minimum Gasteiger partial charge on any atom is -0.481 e. The number of fused-ring (bicyclic) bond motifs is 1. The molecule has 1 atom stereocenters. The highest BCUT2D eigenvalue weighted by molar-refractivity contribution is 5.40. The molecule has 0 saturated carbocycles. The smallest absolute Gasteiger partial charge is 0.149 e. The monoisotopic (exact) mass is 244 g/mol. The van der Waals surface area contributed by atoms with Gasteiger partial charge in [0.05, 0.1) is 6.10 Å². The van der Waals surface area contributed by atoms with Gasteiger partial charge in [0.25, 0.3) is 0 Å². The Hall–Kier alpha value is -1.46. The molecule has 96 valence electrons. The van der Waals surface area contributed by atoms with Crippen LogP contribution in [0.5, 0.6) is 5.75 Å². The Labute approximate surface area is 109 Å². The van der Waals surface area contributed by atoms with E-state index in [0.29, 0.717) is 6.61 Å². The second kappa shape index (κ2) is 5.04. The Balaban J connectivity index is 1.97. The van der Waals surface area contributed by atoms with E-state index in [9.17, 15) is 5.11 Å². The Bertz CT molecular complexity index is 486. The van der Waals surface area contributed by atoms with Crippen LogP contribution < -0.4 is 4.74 Å². The first-order valence-electron chi connectivity index (χ1n) is 6.39. The van der Waals surface area contributed by atoms with Gasteiger partial charge in [-0.15, -0.1) is 0 Å². The van der Waals surface area contributed by atoms with Gasteiger partial charge in [0.15, 0.2) is 0 Å². The second-order valence-corrected chi connectivity index (χ2v) is 5.76. The number of aliphatic hydroxyl groups is 1. The molecule has 1 N–H and O–H groups in total. The van der Waals surface area contributed by atoms with Crippen molar-refractivity contribution in [2.75, 3.05) is 6.61 Å². The minimum absolute atomic E-state index is 0.0193. The quantitative estimate of drug-likeness (QED) is 0.810. The summed E-state index contributed by atoms with van der Waals surface area (Å²) in [5.41, 5.74) is 2.26. The molecule has 2 rings (SSSR count). The highest BCUT2D eigenvalue weighted by atomic mass is 16.5. The zero-order chi connectivity index (χ0) is 13.2. The zero-order valence-electron chi connectivity index (χ0n) is 11.3. The van der Waals surface area contributed by atoms with Gasteiger partial charge >= 0.3 is 0 Å². The highest BCUT2D eigenvalue weighted by Gasteiger charge is 2.20. The molecule has 1 unspecified atom stereocenters. The Kier molecular flexibility index (Phi) is 3.63. The van der Waals surface area contributed by atoms with Crippen LogP contribution in [-0.2, 0) is 6.42 Å². The molecule has 1 aliphatic rings. The predicted molar refractivity (Wildman–Crippen MR) is 72.4 cm³/mol. The van der Waals surface area contributed by atoms with Crippen molar-refractivity contribution in [3.05, 3.63) is 29.3 Å². The summed E-state index contributed by atoms with van der Waals surface area (Å²) >= 11 is 0. The first-order valence-corrected chi connectivity index (χ1v) is 6.39. The maximum atomic E-state index is 9.71. The normalized spacial score (nSPS) is 17.9. The number of ether oxygens (including phenoxy) is 1. The summed E-state index contributed by atoms with van der Waals surface area (Å²) in [5.74, 6) is 7.00. The molecule has 0 saturated heterocycles. The first-order chi connectivity index (χ1) is 8.46. The van der Waals surface area contributed by atoms with Gasteiger partial charge in [0.1, 0.15) is 12.4 Å². The van der Waals surface area contributed by atoms with E-state index >= 15 is 0 Å². The number of rotatable bonds is 2. The van der Waals surface area contributed by atoms with Gasteiger partial charge in [0, 0.05) is 5.41 Å². The van der Waals surface area contributed by atoms with E-state index < -0.39 is 0 Å². The van der Waals surface area contributed by atoms with Crippen LogP contribution in [0.2, 0.25) is 0 Å². The molecule has 0 bridgehead atoms. The third kappa shape index (κ3) is 3.27. The third-order valence-electron chi connectivity index (χ3n) is 2.93. The van der Waals surface area contributed by atoms with Crippen LogP contribution in [0.25, 0.3) is 0 Å². The first kappa shape index (κ1) is 13.0. The summed E-state index contributed by atoms with van der Waals surface area (Å²) in [5, 5.41) is 9.71. The van der Waals surface area contributed by atoms with Crippen LogP contribution in [0.3, 0.4) is 0 Å². The van der Waals surface area contributed by atoms with Crippen molar-refractivity contribution < 1.29 is 9.84 Å². The molecule has 1 aliphatic carbocycles. The van der Waals surface area contributed by atoms with Crippen molar-refractivity contribution in [1.82, 2.24) is 0 Å². The van der Waals surface area contributed by atoms with Crippen LogP contribution >= 0.6 is 0 Å². The zero-order valence-corrected chi connectivity index (χ0v) is 11.3. The van der Waals surface area contributed by atoms with Gasteiger partial charge in [-0.3, -0.25) is 0 Å². The van der Waals surface area contributed by atoms with Gasteiger partial charge < -0.3 is 9.84 Å². The molecule has 1 aromatic rings. The lowest BCUT2D eigenvalue weighted by Crippen LogP contribution is -2.02. The Morgan fingerprint density at radius 2 is 2.17 bits per heavy atom. The lowest BCUT2D eigenvalue weighted by Gasteiger charge is -2.08. The predicted octanol–water partition coefficient (Wildman–Crippen LogP) is 3.09. The maximum absolute atomic E-state index is 9.71. The highest BCUT2D eigenvalue weighted by Crippen LogP contribution is 2.33. The molecule has 2 heteroatoms. The largest absolute Gasteiger partial charge is 0.481 e. The number of hydrogen-bond donors (Lipinski definition) is 1. The molecule has 1 aromatic carbocycles. The molecule has 0 aliphatic heterocycles. The standard InChI is InChI=1S/C16H20O2/c1-16(2,3)9-4-10-18-13-6-7-14-12(11-13)5-8-15(14)17/h6-7,11,15,17H,5,8,10H2,1-3H3. The van der Waals surface area contributed by atoms with Crippen LogP contribution in [0.15, 0.2) is 18.2 Å². The minimum atomic E-state index is -0.297. The lowest BCUT2D eigenvalue weighted by molar-refractivity contribution is 0.180. The van der Waals surface area contributed by atoms with E-state index in [1.54, 1.807) is 0 Å². The summed E-state index contributed by atoms with van der Waals surface area (Å²) in [6, 6.07) is 5.88. The Morgan fingerprint density at radius 3 is 2.89 bits per heavy atom. The fraction of sp³-hybridized carbons (Fsp3) is 0.500. The summed E-state index contributed by atoms with van der Waals surface area (Å²) < 4.78 is 5.61. The van der Waals surface area contributed by atoms with Crippen molar-refractivity contribution in [2.24, 2.45) is 5.41 Å². The number of hydrogen-bond acceptors (Lipinski definition) is 2. The van der Waals surface area contributed by atoms with Crippen molar-refractivity contribution in [2.45, 2.75) is 39.7 Å². The van der Waals surface area contributed by atoms with Crippen molar-refractivity contribution >= 4 is 0 Å². The van der Waals surface area contributed by atoms with E-state index in [-0.39, 0.29) is 11.5 Å².